The Hall–Kier alpha value is -1.36. The number of hydrogen-bond acceptors (Lipinski definition) is 5. The van der Waals surface area contributed by atoms with E-state index >= 15 is 0 Å². The highest BCUT2D eigenvalue weighted by molar-refractivity contribution is 5.65. The van der Waals surface area contributed by atoms with Crippen molar-refractivity contribution in [3.05, 3.63) is 12.4 Å². The fourth-order valence-corrected chi connectivity index (χ4v) is 1.64. The Balaban J connectivity index is 2.12. The molecule has 76 valence electrons. The highest BCUT2D eigenvalue weighted by Crippen LogP contribution is 2.20. The molecule has 0 aromatic carbocycles. The fourth-order valence-electron chi connectivity index (χ4n) is 1.64. The van der Waals surface area contributed by atoms with E-state index in [2.05, 4.69) is 27.0 Å². The van der Waals surface area contributed by atoms with Gasteiger partial charge in [-0.25, -0.2) is 0 Å². The van der Waals surface area contributed by atoms with Crippen LogP contribution in [0, 0.1) is 0 Å². The molecule has 0 spiro atoms. The Morgan fingerprint density at radius 2 is 1.79 bits per heavy atom. The van der Waals surface area contributed by atoms with Crippen molar-refractivity contribution in [1.82, 2.24) is 15.1 Å². The molecular weight excluding hydrogens is 178 g/mol. The molecule has 0 aliphatic carbocycles. The number of hydrogen-bond donors (Lipinski definition) is 1. The topological polar surface area (TPSA) is 58.3 Å². The predicted octanol–water partition coefficient (Wildman–Crippen LogP) is -0.189. The zero-order chi connectivity index (χ0) is 9.97. The summed E-state index contributed by atoms with van der Waals surface area (Å²) in [5.74, 6) is 0. The summed E-state index contributed by atoms with van der Waals surface area (Å²) in [6.45, 7) is 4.16. The first-order chi connectivity index (χ1) is 6.77. The van der Waals surface area contributed by atoms with E-state index in [-0.39, 0.29) is 0 Å². The number of nitrogens with two attached hydrogens (primary N) is 1. The molecule has 1 aromatic heterocycles. The van der Waals surface area contributed by atoms with Gasteiger partial charge in [0.1, 0.15) is 0 Å². The van der Waals surface area contributed by atoms with Gasteiger partial charge in [0.15, 0.2) is 0 Å². The van der Waals surface area contributed by atoms with Gasteiger partial charge < -0.3 is 15.5 Å². The van der Waals surface area contributed by atoms with Gasteiger partial charge in [-0.2, -0.15) is 10.2 Å². The van der Waals surface area contributed by atoms with E-state index in [1.807, 2.05) is 0 Å². The normalized spacial score (nSPS) is 18.5. The highest BCUT2D eigenvalue weighted by atomic mass is 15.3. The Morgan fingerprint density at radius 1 is 1.14 bits per heavy atom. The molecular formula is C9H15N5. The van der Waals surface area contributed by atoms with Gasteiger partial charge >= 0.3 is 0 Å². The molecule has 0 unspecified atom stereocenters. The summed E-state index contributed by atoms with van der Waals surface area (Å²) in [7, 11) is 2.13. The van der Waals surface area contributed by atoms with E-state index in [1.165, 1.54) is 0 Å². The molecule has 1 saturated heterocycles. The third-order valence-corrected chi connectivity index (χ3v) is 2.58. The van der Waals surface area contributed by atoms with E-state index < -0.39 is 0 Å². The molecule has 0 amide bonds. The van der Waals surface area contributed by atoms with Crippen LogP contribution in [0.15, 0.2) is 12.4 Å². The van der Waals surface area contributed by atoms with Crippen molar-refractivity contribution in [2.75, 3.05) is 43.9 Å². The monoisotopic (exact) mass is 193 g/mol. The van der Waals surface area contributed by atoms with Crippen molar-refractivity contribution in [3.8, 4) is 0 Å². The van der Waals surface area contributed by atoms with Crippen molar-refractivity contribution < 1.29 is 0 Å². The first-order valence-electron chi connectivity index (χ1n) is 4.77. The molecule has 0 bridgehead atoms. The maximum atomic E-state index is 5.83. The minimum Gasteiger partial charge on any atom is -0.396 e. The van der Waals surface area contributed by atoms with Crippen molar-refractivity contribution in [3.63, 3.8) is 0 Å². The van der Waals surface area contributed by atoms with E-state index in [4.69, 9.17) is 5.73 Å². The number of rotatable bonds is 1. The lowest BCUT2D eigenvalue weighted by Crippen LogP contribution is -2.44. The summed E-state index contributed by atoms with van der Waals surface area (Å²) in [6, 6.07) is 0. The molecule has 1 aliphatic rings. The quantitative estimate of drug-likeness (QED) is 0.670. The summed E-state index contributed by atoms with van der Waals surface area (Å²) < 4.78 is 0. The van der Waals surface area contributed by atoms with Crippen LogP contribution in [-0.4, -0.2) is 48.3 Å². The Labute approximate surface area is 83.5 Å². The predicted molar refractivity (Wildman–Crippen MR) is 56.2 cm³/mol. The average molecular weight is 193 g/mol. The third-order valence-electron chi connectivity index (χ3n) is 2.58. The summed E-state index contributed by atoms with van der Waals surface area (Å²) in [6.07, 6.45) is 3.34. The molecule has 14 heavy (non-hydrogen) atoms. The van der Waals surface area contributed by atoms with Crippen LogP contribution in [0.25, 0.3) is 0 Å². The highest BCUT2D eigenvalue weighted by Gasteiger charge is 2.16. The average Bonchev–Trinajstić information content (AvgIpc) is 2.20. The van der Waals surface area contributed by atoms with E-state index in [0.717, 1.165) is 31.9 Å². The number of piperazine rings is 1. The number of nitrogens with zero attached hydrogens (tertiary/aromatic N) is 4. The minimum absolute atomic E-state index is 0.713. The van der Waals surface area contributed by atoms with E-state index in [0.29, 0.717) is 5.69 Å². The molecule has 0 radical (unpaired) electrons. The Kier molecular flexibility index (Phi) is 2.49. The standard InChI is InChI=1S/C9H15N5/c1-13-2-4-14(5-3-13)9-7-12-11-6-8(9)10/h6-7H,2-5H2,1H3,(H2,10,12). The third kappa shape index (κ3) is 1.77. The van der Waals surface area contributed by atoms with Gasteiger partial charge in [-0.1, -0.05) is 0 Å². The van der Waals surface area contributed by atoms with Crippen molar-refractivity contribution in [2.24, 2.45) is 0 Å². The smallest absolute Gasteiger partial charge is 0.0822 e. The minimum atomic E-state index is 0.713. The molecule has 2 rings (SSSR count). The zero-order valence-electron chi connectivity index (χ0n) is 8.35. The van der Waals surface area contributed by atoms with Crippen LogP contribution in [0.4, 0.5) is 11.4 Å². The van der Waals surface area contributed by atoms with Crippen molar-refractivity contribution >= 4 is 11.4 Å². The summed E-state index contributed by atoms with van der Waals surface area (Å²) in [5, 5.41) is 7.60. The molecule has 1 aliphatic heterocycles. The van der Waals surface area contributed by atoms with Crippen LogP contribution in [0.5, 0.6) is 0 Å². The maximum absolute atomic E-state index is 5.83. The molecule has 1 fully saturated rings. The summed E-state index contributed by atoms with van der Waals surface area (Å²) in [5.41, 5.74) is 7.55. The summed E-state index contributed by atoms with van der Waals surface area (Å²) in [4.78, 5) is 4.56. The lowest BCUT2D eigenvalue weighted by atomic mass is 10.3. The van der Waals surface area contributed by atoms with Gasteiger partial charge in [0, 0.05) is 26.2 Å². The molecule has 0 atom stereocenters. The van der Waals surface area contributed by atoms with E-state index in [1.54, 1.807) is 12.4 Å². The van der Waals surface area contributed by atoms with Crippen LogP contribution in [0.1, 0.15) is 0 Å². The molecule has 2 heterocycles. The van der Waals surface area contributed by atoms with Crippen LogP contribution in [0.2, 0.25) is 0 Å². The van der Waals surface area contributed by atoms with Crippen molar-refractivity contribution in [1.29, 1.82) is 0 Å². The molecule has 0 saturated carbocycles. The first-order valence-corrected chi connectivity index (χ1v) is 4.77. The van der Waals surface area contributed by atoms with Crippen LogP contribution in [0.3, 0.4) is 0 Å². The zero-order valence-corrected chi connectivity index (χ0v) is 8.35. The molecule has 5 nitrogen and oxygen atoms in total. The summed E-state index contributed by atoms with van der Waals surface area (Å²) >= 11 is 0. The Bertz CT molecular complexity index is 306. The molecule has 5 heteroatoms. The van der Waals surface area contributed by atoms with Gasteiger partial charge in [-0.3, -0.25) is 0 Å². The molecule has 2 N–H and O–H groups in total. The van der Waals surface area contributed by atoms with Gasteiger partial charge in [0.25, 0.3) is 0 Å². The fraction of sp³-hybridized carbons (Fsp3) is 0.556. The SMILES string of the molecule is CN1CCN(c2cnncc2N)CC1. The second-order valence-corrected chi connectivity index (χ2v) is 3.62. The van der Waals surface area contributed by atoms with Gasteiger partial charge in [0.05, 0.1) is 23.8 Å². The number of aromatic nitrogens is 2. The maximum Gasteiger partial charge on any atom is 0.0822 e. The van der Waals surface area contributed by atoms with Crippen LogP contribution in [-0.2, 0) is 0 Å². The van der Waals surface area contributed by atoms with Gasteiger partial charge in [0.2, 0.25) is 0 Å². The second-order valence-electron chi connectivity index (χ2n) is 3.62. The van der Waals surface area contributed by atoms with Crippen LogP contribution >= 0.6 is 0 Å². The van der Waals surface area contributed by atoms with Gasteiger partial charge in [-0.05, 0) is 7.05 Å². The Morgan fingerprint density at radius 3 is 2.43 bits per heavy atom. The lowest BCUT2D eigenvalue weighted by Gasteiger charge is -2.34. The number of anilines is 2. The van der Waals surface area contributed by atoms with Crippen LogP contribution < -0.4 is 10.6 Å². The molecule has 1 aromatic rings. The van der Waals surface area contributed by atoms with Gasteiger partial charge in [-0.15, -0.1) is 0 Å². The number of nitrogen functional groups attached to an aromatic ring is 1. The van der Waals surface area contributed by atoms with E-state index in [9.17, 15) is 0 Å². The van der Waals surface area contributed by atoms with Crippen molar-refractivity contribution in [2.45, 2.75) is 0 Å². The lowest BCUT2D eigenvalue weighted by molar-refractivity contribution is 0.313. The first kappa shape index (κ1) is 9.21. The largest absolute Gasteiger partial charge is 0.396 e. The second kappa shape index (κ2) is 3.79. The number of likely N-dealkylation sites (N-methyl/N-ethyl adjacent to an activating group) is 1.